The van der Waals surface area contributed by atoms with E-state index in [9.17, 15) is 4.79 Å². The lowest BCUT2D eigenvalue weighted by Crippen LogP contribution is -2.25. The smallest absolute Gasteiger partial charge is 0.328 e. The molecule has 0 unspecified atom stereocenters. The average Bonchev–Trinajstić information content (AvgIpc) is 2.85. The zero-order chi connectivity index (χ0) is 17.0. The van der Waals surface area contributed by atoms with E-state index < -0.39 is 0 Å². The second-order valence-electron chi connectivity index (χ2n) is 7.09. The van der Waals surface area contributed by atoms with Crippen molar-refractivity contribution in [3.63, 3.8) is 0 Å². The first kappa shape index (κ1) is 14.7. The molecular formula is C20H20N4O. The molecular weight excluding hydrogens is 312 g/mol. The molecule has 1 aliphatic heterocycles. The summed E-state index contributed by atoms with van der Waals surface area (Å²) in [5.74, 6) is 0.457. The van der Waals surface area contributed by atoms with Gasteiger partial charge in [-0.15, -0.1) is 0 Å². The van der Waals surface area contributed by atoms with Crippen LogP contribution in [0, 0.1) is 0 Å². The number of H-pyrrole nitrogens is 1. The maximum Gasteiger partial charge on any atom is 0.331 e. The van der Waals surface area contributed by atoms with E-state index in [-0.39, 0.29) is 5.69 Å². The molecule has 1 aromatic heterocycles. The van der Waals surface area contributed by atoms with Crippen molar-refractivity contribution in [1.82, 2.24) is 9.55 Å². The summed E-state index contributed by atoms with van der Waals surface area (Å²) in [6, 6.07) is 12.4. The number of imidazole rings is 1. The third kappa shape index (κ3) is 2.19. The fourth-order valence-electron chi connectivity index (χ4n) is 4.28. The van der Waals surface area contributed by atoms with Gasteiger partial charge < -0.3 is 10.7 Å². The Kier molecular flexibility index (Phi) is 3.18. The third-order valence-corrected chi connectivity index (χ3v) is 5.57. The number of aromatic amines is 1. The third-order valence-electron chi connectivity index (χ3n) is 5.57. The Morgan fingerprint density at radius 2 is 1.88 bits per heavy atom. The first-order valence-electron chi connectivity index (χ1n) is 8.89. The standard InChI is InChI=1S/C20H20N4O/c21-14-9-7-12(8-10-14)15-4-2-6-17-18(15)22-11-13-3-1-5-16-19(13)24(17)20(25)23-16/h1-6,11-12,14H,7-10,21H2,(H,23,25). The molecule has 5 rings (SSSR count). The minimum Gasteiger partial charge on any atom is -0.328 e. The topological polar surface area (TPSA) is 76.2 Å². The maximum absolute atomic E-state index is 12.6. The van der Waals surface area contributed by atoms with Gasteiger partial charge in [0.25, 0.3) is 0 Å². The fraction of sp³-hybridized carbons (Fsp3) is 0.300. The van der Waals surface area contributed by atoms with Crippen molar-refractivity contribution in [3.05, 3.63) is 58.0 Å². The van der Waals surface area contributed by atoms with Crippen LogP contribution >= 0.6 is 0 Å². The van der Waals surface area contributed by atoms with Gasteiger partial charge in [-0.1, -0.05) is 24.3 Å². The van der Waals surface area contributed by atoms with Crippen LogP contribution in [0.2, 0.25) is 0 Å². The molecule has 5 nitrogen and oxygen atoms in total. The summed E-state index contributed by atoms with van der Waals surface area (Å²) in [6.45, 7) is 0. The molecule has 0 atom stereocenters. The number of benzene rings is 2. The molecule has 0 radical (unpaired) electrons. The first-order chi connectivity index (χ1) is 12.2. The Morgan fingerprint density at radius 3 is 2.72 bits per heavy atom. The fourth-order valence-corrected chi connectivity index (χ4v) is 4.28. The highest BCUT2D eigenvalue weighted by Crippen LogP contribution is 2.41. The zero-order valence-electron chi connectivity index (χ0n) is 13.9. The Labute approximate surface area is 145 Å². The predicted octanol–water partition coefficient (Wildman–Crippen LogP) is 3.37. The zero-order valence-corrected chi connectivity index (χ0v) is 13.9. The molecule has 0 amide bonds. The minimum atomic E-state index is -0.114. The van der Waals surface area contributed by atoms with Crippen LogP contribution in [0.25, 0.3) is 16.7 Å². The number of hydrogen-bond acceptors (Lipinski definition) is 3. The number of nitrogens with two attached hydrogens (primary N) is 1. The van der Waals surface area contributed by atoms with Gasteiger partial charge in [-0.3, -0.25) is 9.56 Å². The average molecular weight is 332 g/mol. The van der Waals surface area contributed by atoms with E-state index in [1.54, 1.807) is 4.57 Å². The van der Waals surface area contributed by atoms with E-state index in [2.05, 4.69) is 11.1 Å². The molecule has 0 bridgehead atoms. The molecule has 3 aromatic rings. The van der Waals surface area contributed by atoms with Gasteiger partial charge in [0.05, 0.1) is 22.4 Å². The highest BCUT2D eigenvalue weighted by Gasteiger charge is 2.25. The number of rotatable bonds is 1. The van der Waals surface area contributed by atoms with Crippen LogP contribution < -0.4 is 11.4 Å². The highest BCUT2D eigenvalue weighted by atomic mass is 16.1. The summed E-state index contributed by atoms with van der Waals surface area (Å²) in [7, 11) is 0. The Bertz CT molecular complexity index is 1050. The number of aromatic nitrogens is 2. The van der Waals surface area contributed by atoms with Gasteiger partial charge in [0, 0.05) is 17.8 Å². The van der Waals surface area contributed by atoms with Gasteiger partial charge >= 0.3 is 5.69 Å². The van der Waals surface area contributed by atoms with Crippen molar-refractivity contribution < 1.29 is 0 Å². The van der Waals surface area contributed by atoms with E-state index in [1.165, 1.54) is 5.56 Å². The molecule has 1 fully saturated rings. The number of nitrogens with zero attached hydrogens (tertiary/aromatic N) is 2. The van der Waals surface area contributed by atoms with Crippen LogP contribution in [0.15, 0.2) is 46.2 Å². The second-order valence-corrected chi connectivity index (χ2v) is 7.09. The summed E-state index contributed by atoms with van der Waals surface area (Å²) in [5, 5.41) is 0. The summed E-state index contributed by atoms with van der Waals surface area (Å²) < 4.78 is 1.77. The quantitative estimate of drug-likeness (QED) is 0.561. The molecule has 0 saturated heterocycles. The predicted molar refractivity (Wildman–Crippen MR) is 100 cm³/mol. The summed E-state index contributed by atoms with van der Waals surface area (Å²) in [6.07, 6.45) is 6.14. The van der Waals surface area contributed by atoms with Gasteiger partial charge in [-0.05, 0) is 49.3 Å². The number of nitrogens with one attached hydrogen (secondary N) is 1. The Balaban J connectivity index is 1.75. The number of fused-ring (bicyclic) bond motifs is 2. The Hall–Kier alpha value is -2.66. The van der Waals surface area contributed by atoms with E-state index in [0.717, 1.165) is 53.7 Å². The van der Waals surface area contributed by atoms with Crippen molar-refractivity contribution in [2.75, 3.05) is 0 Å². The van der Waals surface area contributed by atoms with E-state index in [1.807, 2.05) is 36.5 Å². The van der Waals surface area contributed by atoms with Gasteiger partial charge in [-0.25, -0.2) is 4.79 Å². The molecule has 25 heavy (non-hydrogen) atoms. The number of aliphatic imine (C=N–C) groups is 1. The van der Waals surface area contributed by atoms with Crippen LogP contribution in [0.1, 0.15) is 42.7 Å². The van der Waals surface area contributed by atoms with Crippen molar-refractivity contribution >= 4 is 22.9 Å². The van der Waals surface area contributed by atoms with Gasteiger partial charge in [0.15, 0.2) is 0 Å². The first-order valence-corrected chi connectivity index (χ1v) is 8.89. The molecule has 1 saturated carbocycles. The SMILES string of the molecule is NC1CCC(c2cccc3c2N=Cc2cccc4[nH]c(=O)n-3c24)CC1. The van der Waals surface area contributed by atoms with Crippen LogP contribution in [0.3, 0.4) is 0 Å². The number of hydrogen-bond donors (Lipinski definition) is 2. The van der Waals surface area contributed by atoms with Crippen LogP contribution in [-0.4, -0.2) is 21.8 Å². The lowest BCUT2D eigenvalue weighted by molar-refractivity contribution is 0.396. The second kappa shape index (κ2) is 5.43. The normalized spacial score (nSPS) is 22.0. The highest BCUT2D eigenvalue weighted by molar-refractivity contribution is 6.00. The van der Waals surface area contributed by atoms with Crippen molar-refractivity contribution in [2.45, 2.75) is 37.6 Å². The monoisotopic (exact) mass is 332 g/mol. The van der Waals surface area contributed by atoms with Gasteiger partial charge in [-0.2, -0.15) is 0 Å². The molecule has 2 heterocycles. The Morgan fingerprint density at radius 1 is 1.08 bits per heavy atom. The van der Waals surface area contributed by atoms with Gasteiger partial charge in [0.1, 0.15) is 0 Å². The minimum absolute atomic E-state index is 0.114. The number of para-hydroxylation sites is 2. The van der Waals surface area contributed by atoms with E-state index >= 15 is 0 Å². The van der Waals surface area contributed by atoms with Crippen molar-refractivity contribution in [2.24, 2.45) is 10.7 Å². The summed E-state index contributed by atoms with van der Waals surface area (Å²) in [4.78, 5) is 20.4. The molecule has 5 heteroatoms. The molecule has 126 valence electrons. The lowest BCUT2D eigenvalue weighted by atomic mass is 9.81. The van der Waals surface area contributed by atoms with Crippen molar-refractivity contribution in [3.8, 4) is 5.69 Å². The largest absolute Gasteiger partial charge is 0.331 e. The molecule has 3 N–H and O–H groups in total. The summed E-state index contributed by atoms with van der Waals surface area (Å²) in [5.41, 5.74) is 11.7. The molecule has 2 aliphatic rings. The van der Waals surface area contributed by atoms with E-state index in [0.29, 0.717) is 12.0 Å². The maximum atomic E-state index is 12.6. The molecule has 0 spiro atoms. The van der Waals surface area contributed by atoms with E-state index in [4.69, 9.17) is 10.7 Å². The molecule has 1 aliphatic carbocycles. The van der Waals surface area contributed by atoms with Crippen LogP contribution in [0.4, 0.5) is 5.69 Å². The summed E-state index contributed by atoms with van der Waals surface area (Å²) >= 11 is 0. The van der Waals surface area contributed by atoms with Crippen LogP contribution in [0.5, 0.6) is 0 Å². The molecule has 2 aromatic carbocycles. The van der Waals surface area contributed by atoms with Crippen molar-refractivity contribution in [1.29, 1.82) is 0 Å². The lowest BCUT2D eigenvalue weighted by Gasteiger charge is -2.27. The van der Waals surface area contributed by atoms with Crippen LogP contribution in [-0.2, 0) is 0 Å². The van der Waals surface area contributed by atoms with Gasteiger partial charge in [0.2, 0.25) is 0 Å².